The largest absolute Gasteiger partial charge is 0.497 e. The van der Waals surface area contributed by atoms with Gasteiger partial charge in [-0.3, -0.25) is 0 Å². The first kappa shape index (κ1) is 16.7. The first-order valence-corrected chi connectivity index (χ1v) is 9.59. The Morgan fingerprint density at radius 3 is 2.42 bits per heavy atom. The Morgan fingerprint density at radius 2 is 1.79 bits per heavy atom. The summed E-state index contributed by atoms with van der Waals surface area (Å²) in [6, 6.07) is 10.3. The van der Waals surface area contributed by atoms with Crippen LogP contribution in [0, 0.1) is 13.8 Å². The van der Waals surface area contributed by atoms with Gasteiger partial charge < -0.3 is 9.30 Å². The van der Waals surface area contributed by atoms with E-state index >= 15 is 0 Å². The Balaban J connectivity index is 2.18. The van der Waals surface area contributed by atoms with Crippen molar-refractivity contribution in [3.05, 3.63) is 52.3 Å². The highest BCUT2D eigenvalue weighted by molar-refractivity contribution is 7.90. The van der Waals surface area contributed by atoms with Crippen LogP contribution in [0.1, 0.15) is 11.1 Å². The van der Waals surface area contributed by atoms with Crippen LogP contribution in [-0.2, 0) is 17.1 Å². The summed E-state index contributed by atoms with van der Waals surface area (Å²) in [4.78, 5) is 0.600. The molecule has 0 aliphatic heterocycles. The minimum absolute atomic E-state index is 0.147. The summed E-state index contributed by atoms with van der Waals surface area (Å²) in [5.74, 6) is 0.604. The molecule has 0 N–H and O–H groups in total. The lowest BCUT2D eigenvalue weighted by molar-refractivity contribution is 0.414. The smallest absolute Gasteiger partial charge is 0.285 e. The first-order valence-electron chi connectivity index (χ1n) is 7.33. The molecule has 0 saturated heterocycles. The zero-order chi connectivity index (χ0) is 17.5. The third-order valence-electron chi connectivity index (χ3n) is 3.80. The van der Waals surface area contributed by atoms with Crippen molar-refractivity contribution in [1.82, 2.24) is 4.57 Å². The molecule has 126 valence electrons. The second-order valence-electron chi connectivity index (χ2n) is 5.62. The molecule has 1 heterocycles. The van der Waals surface area contributed by atoms with Crippen LogP contribution in [0.3, 0.4) is 0 Å². The van der Waals surface area contributed by atoms with Crippen molar-refractivity contribution in [2.75, 3.05) is 7.11 Å². The van der Waals surface area contributed by atoms with Crippen LogP contribution in [0.2, 0.25) is 0 Å². The van der Waals surface area contributed by atoms with Crippen molar-refractivity contribution in [3.8, 4) is 5.75 Å². The highest BCUT2D eigenvalue weighted by atomic mass is 32.2. The van der Waals surface area contributed by atoms with E-state index in [0.29, 0.717) is 10.6 Å². The van der Waals surface area contributed by atoms with E-state index in [-0.39, 0.29) is 4.90 Å². The molecule has 0 bridgehead atoms. The maximum absolute atomic E-state index is 12.6. The first-order chi connectivity index (χ1) is 11.3. The molecule has 1 aromatic heterocycles. The zero-order valence-electron chi connectivity index (χ0n) is 13.9. The normalized spacial score (nSPS) is 12.8. The Morgan fingerprint density at radius 1 is 1.12 bits per heavy atom. The van der Waals surface area contributed by atoms with Crippen LogP contribution in [0.25, 0.3) is 10.2 Å². The Labute approximate surface area is 144 Å². The van der Waals surface area contributed by atoms with Crippen molar-refractivity contribution in [1.29, 1.82) is 0 Å². The Bertz CT molecular complexity index is 1080. The van der Waals surface area contributed by atoms with Gasteiger partial charge in [0.05, 0.1) is 22.2 Å². The number of fused-ring (bicyclic) bond motifs is 1. The fourth-order valence-corrected chi connectivity index (χ4v) is 4.85. The maximum Gasteiger partial charge on any atom is 0.285 e. The van der Waals surface area contributed by atoms with Crippen molar-refractivity contribution in [3.63, 3.8) is 0 Å². The molecule has 0 aliphatic rings. The highest BCUT2D eigenvalue weighted by Gasteiger charge is 2.14. The summed E-state index contributed by atoms with van der Waals surface area (Å²) in [6.07, 6.45) is 0. The van der Waals surface area contributed by atoms with Gasteiger partial charge in [-0.2, -0.15) is 8.42 Å². The summed E-state index contributed by atoms with van der Waals surface area (Å²) < 4.78 is 37.1. The molecule has 3 aromatic rings. The Hall–Kier alpha value is -2.12. The summed E-state index contributed by atoms with van der Waals surface area (Å²) in [6.45, 7) is 4.04. The average molecular weight is 362 g/mol. The van der Waals surface area contributed by atoms with E-state index in [1.54, 1.807) is 12.1 Å². The van der Waals surface area contributed by atoms with E-state index in [4.69, 9.17) is 4.74 Å². The topological polar surface area (TPSA) is 60.7 Å². The number of methoxy groups -OCH3 is 1. The van der Waals surface area contributed by atoms with E-state index in [1.165, 1.54) is 30.6 Å². The van der Waals surface area contributed by atoms with Gasteiger partial charge in [0.2, 0.25) is 4.80 Å². The fraction of sp³-hybridized carbons (Fsp3) is 0.235. The SMILES string of the molecule is COc1ccc(S(=O)(=O)N=c2sc3c(C)cc(C)cc3n2C)cc1. The minimum atomic E-state index is -3.77. The molecular weight excluding hydrogens is 344 g/mol. The van der Waals surface area contributed by atoms with Crippen LogP contribution in [0.5, 0.6) is 5.75 Å². The molecule has 0 radical (unpaired) electrons. The summed E-state index contributed by atoms with van der Waals surface area (Å²) in [5, 5.41) is 0. The average Bonchev–Trinajstić information content (AvgIpc) is 2.84. The molecule has 7 heteroatoms. The van der Waals surface area contributed by atoms with Crippen LogP contribution in [0.4, 0.5) is 0 Å². The van der Waals surface area contributed by atoms with Gasteiger partial charge in [0.1, 0.15) is 5.75 Å². The van der Waals surface area contributed by atoms with Crippen molar-refractivity contribution >= 4 is 31.6 Å². The van der Waals surface area contributed by atoms with Gasteiger partial charge in [0.25, 0.3) is 10.0 Å². The van der Waals surface area contributed by atoms with Gasteiger partial charge in [0.15, 0.2) is 0 Å². The number of ether oxygens (including phenoxy) is 1. The van der Waals surface area contributed by atoms with Gasteiger partial charge in [-0.15, -0.1) is 4.40 Å². The quantitative estimate of drug-likeness (QED) is 0.719. The number of rotatable bonds is 3. The van der Waals surface area contributed by atoms with Crippen LogP contribution < -0.4 is 9.54 Å². The molecule has 0 amide bonds. The van der Waals surface area contributed by atoms with Gasteiger partial charge in [0, 0.05) is 7.05 Å². The number of hydrogen-bond acceptors (Lipinski definition) is 4. The van der Waals surface area contributed by atoms with E-state index < -0.39 is 10.0 Å². The van der Waals surface area contributed by atoms with Gasteiger partial charge in [-0.05, 0) is 55.3 Å². The number of sulfonamides is 1. The lowest BCUT2D eigenvalue weighted by atomic mass is 10.1. The Kier molecular flexibility index (Phi) is 4.23. The molecule has 24 heavy (non-hydrogen) atoms. The molecule has 0 saturated carbocycles. The van der Waals surface area contributed by atoms with Crippen LogP contribution >= 0.6 is 11.3 Å². The van der Waals surface area contributed by atoms with E-state index in [9.17, 15) is 8.42 Å². The molecule has 3 rings (SSSR count). The number of aromatic nitrogens is 1. The third-order valence-corrected chi connectivity index (χ3v) is 6.48. The van der Waals surface area contributed by atoms with E-state index in [0.717, 1.165) is 21.3 Å². The molecule has 2 aromatic carbocycles. The minimum Gasteiger partial charge on any atom is -0.497 e. The second-order valence-corrected chi connectivity index (χ2v) is 8.20. The van der Waals surface area contributed by atoms with Gasteiger partial charge in [-0.25, -0.2) is 0 Å². The van der Waals surface area contributed by atoms with Crippen LogP contribution in [-0.4, -0.2) is 20.1 Å². The maximum atomic E-state index is 12.6. The zero-order valence-corrected chi connectivity index (χ0v) is 15.5. The molecule has 0 aliphatic carbocycles. The predicted molar refractivity (Wildman–Crippen MR) is 96.0 cm³/mol. The monoisotopic (exact) mass is 362 g/mol. The summed E-state index contributed by atoms with van der Waals surface area (Å²) >= 11 is 1.38. The number of hydrogen-bond donors (Lipinski definition) is 0. The lowest BCUT2D eigenvalue weighted by Crippen LogP contribution is -2.13. The molecule has 0 atom stereocenters. The van der Waals surface area contributed by atoms with E-state index in [2.05, 4.69) is 10.5 Å². The highest BCUT2D eigenvalue weighted by Crippen LogP contribution is 2.23. The molecule has 0 fully saturated rings. The van der Waals surface area contributed by atoms with Crippen LogP contribution in [0.15, 0.2) is 45.7 Å². The lowest BCUT2D eigenvalue weighted by Gasteiger charge is -2.02. The summed E-state index contributed by atoms with van der Waals surface area (Å²) in [7, 11) is -0.402. The van der Waals surface area contributed by atoms with E-state index in [1.807, 2.05) is 31.5 Å². The molecule has 0 spiro atoms. The number of aryl methyl sites for hydroxylation is 3. The van der Waals surface area contributed by atoms with Gasteiger partial charge >= 0.3 is 0 Å². The van der Waals surface area contributed by atoms with Gasteiger partial charge in [-0.1, -0.05) is 17.4 Å². The van der Waals surface area contributed by atoms with Crippen molar-refractivity contribution < 1.29 is 13.2 Å². The van der Waals surface area contributed by atoms with Crippen molar-refractivity contribution in [2.45, 2.75) is 18.7 Å². The van der Waals surface area contributed by atoms with Crippen molar-refractivity contribution in [2.24, 2.45) is 11.4 Å². The second kappa shape index (κ2) is 6.07. The summed E-state index contributed by atoms with van der Waals surface area (Å²) in [5.41, 5.74) is 3.24. The standard InChI is InChI=1S/C17H18N2O3S2/c1-11-9-12(2)16-15(10-11)19(3)17(23-16)18-24(20,21)14-7-5-13(22-4)6-8-14/h5-10H,1-4H3. The fourth-order valence-electron chi connectivity index (χ4n) is 2.56. The molecule has 0 unspecified atom stereocenters. The number of nitrogens with zero attached hydrogens (tertiary/aromatic N) is 2. The number of thiazole rings is 1. The molecular formula is C17H18N2O3S2. The third kappa shape index (κ3) is 2.97. The predicted octanol–water partition coefficient (Wildman–Crippen LogP) is 3.15. The molecule has 5 nitrogen and oxygen atoms in total. The number of benzene rings is 2.